The minimum absolute atomic E-state index is 0.0235. The van der Waals surface area contributed by atoms with Gasteiger partial charge in [-0.25, -0.2) is 0 Å². The molecule has 0 bridgehead atoms. The zero-order valence-electron chi connectivity index (χ0n) is 7.88. The monoisotopic (exact) mass is 178 g/mol. The fourth-order valence-corrected chi connectivity index (χ4v) is 0.836. The lowest BCUT2D eigenvalue weighted by molar-refractivity contribution is -0.121. The standard InChI is InChI=1S/C11H14O2/c1-4-6-10(5-2)11(13)8-7-9(3)12/h4-6H,1-2,7-8H2,3H3/b10-6+. The number of rotatable bonds is 6. The molecule has 0 aromatic rings. The Morgan fingerprint density at radius 1 is 1.23 bits per heavy atom. The van der Waals surface area contributed by atoms with Crippen molar-refractivity contribution in [1.29, 1.82) is 0 Å². The molecule has 0 N–H and O–H groups in total. The molecule has 2 nitrogen and oxygen atoms in total. The van der Waals surface area contributed by atoms with Gasteiger partial charge in [0.15, 0.2) is 5.78 Å². The predicted molar refractivity (Wildman–Crippen MR) is 53.4 cm³/mol. The van der Waals surface area contributed by atoms with E-state index in [2.05, 4.69) is 13.2 Å². The summed E-state index contributed by atoms with van der Waals surface area (Å²) >= 11 is 0. The van der Waals surface area contributed by atoms with Gasteiger partial charge in [-0.15, -0.1) is 0 Å². The average Bonchev–Trinajstić information content (AvgIpc) is 2.10. The molecule has 0 saturated heterocycles. The van der Waals surface area contributed by atoms with E-state index >= 15 is 0 Å². The topological polar surface area (TPSA) is 34.1 Å². The van der Waals surface area contributed by atoms with E-state index in [4.69, 9.17) is 0 Å². The Morgan fingerprint density at radius 3 is 2.23 bits per heavy atom. The second kappa shape index (κ2) is 6.12. The summed E-state index contributed by atoms with van der Waals surface area (Å²) in [6.07, 6.45) is 5.14. The maximum Gasteiger partial charge on any atom is 0.163 e. The Bertz CT molecular complexity index is 259. The molecule has 0 saturated carbocycles. The van der Waals surface area contributed by atoms with Crippen LogP contribution in [-0.2, 0) is 9.59 Å². The van der Waals surface area contributed by atoms with E-state index in [1.165, 1.54) is 19.1 Å². The van der Waals surface area contributed by atoms with Crippen LogP contribution < -0.4 is 0 Å². The molecular formula is C11H14O2. The predicted octanol–water partition coefficient (Wildman–Crippen LogP) is 2.22. The van der Waals surface area contributed by atoms with Crippen LogP contribution in [0, 0.1) is 0 Å². The van der Waals surface area contributed by atoms with Crippen molar-refractivity contribution in [3.63, 3.8) is 0 Å². The molecule has 0 aromatic carbocycles. The van der Waals surface area contributed by atoms with Gasteiger partial charge in [-0.05, 0) is 6.92 Å². The van der Waals surface area contributed by atoms with Crippen LogP contribution >= 0.6 is 0 Å². The van der Waals surface area contributed by atoms with Crippen LogP contribution in [0.5, 0.6) is 0 Å². The maximum absolute atomic E-state index is 11.3. The fraction of sp³-hybridized carbons (Fsp3) is 0.273. The molecule has 0 atom stereocenters. The van der Waals surface area contributed by atoms with Gasteiger partial charge in [-0.1, -0.05) is 31.4 Å². The van der Waals surface area contributed by atoms with Crippen molar-refractivity contribution in [2.45, 2.75) is 19.8 Å². The summed E-state index contributed by atoms with van der Waals surface area (Å²) in [5, 5.41) is 0. The summed E-state index contributed by atoms with van der Waals surface area (Å²) in [5.41, 5.74) is 0.510. The summed E-state index contributed by atoms with van der Waals surface area (Å²) in [5.74, 6) is -0.0412. The SMILES string of the molecule is C=C/C=C(\C=C)C(=O)CCC(C)=O. The summed E-state index contributed by atoms with van der Waals surface area (Å²) < 4.78 is 0. The van der Waals surface area contributed by atoms with Gasteiger partial charge < -0.3 is 4.79 Å². The van der Waals surface area contributed by atoms with Crippen molar-refractivity contribution in [3.05, 3.63) is 37.0 Å². The highest BCUT2D eigenvalue weighted by atomic mass is 16.1. The maximum atomic E-state index is 11.3. The first kappa shape index (κ1) is 11.6. The number of allylic oxidation sites excluding steroid dienone is 4. The molecule has 13 heavy (non-hydrogen) atoms. The highest BCUT2D eigenvalue weighted by Crippen LogP contribution is 2.04. The first-order valence-corrected chi connectivity index (χ1v) is 4.09. The fourth-order valence-electron chi connectivity index (χ4n) is 0.836. The van der Waals surface area contributed by atoms with Crippen molar-refractivity contribution in [2.75, 3.05) is 0 Å². The highest BCUT2D eigenvalue weighted by Gasteiger charge is 2.06. The third kappa shape index (κ3) is 4.90. The molecule has 0 heterocycles. The second-order valence-corrected chi connectivity index (χ2v) is 2.69. The zero-order valence-corrected chi connectivity index (χ0v) is 7.88. The molecule has 0 amide bonds. The van der Waals surface area contributed by atoms with Crippen LogP contribution in [0.1, 0.15) is 19.8 Å². The van der Waals surface area contributed by atoms with Crippen LogP contribution in [0.25, 0.3) is 0 Å². The van der Waals surface area contributed by atoms with Crippen LogP contribution in [0.15, 0.2) is 37.0 Å². The van der Waals surface area contributed by atoms with Crippen LogP contribution in [0.2, 0.25) is 0 Å². The van der Waals surface area contributed by atoms with E-state index in [1.54, 1.807) is 6.08 Å². The Hall–Kier alpha value is -1.44. The van der Waals surface area contributed by atoms with Crippen molar-refractivity contribution >= 4 is 11.6 Å². The molecule has 0 aliphatic carbocycles. The van der Waals surface area contributed by atoms with Gasteiger partial charge in [-0.2, -0.15) is 0 Å². The molecular weight excluding hydrogens is 164 g/mol. The third-order valence-electron chi connectivity index (χ3n) is 1.54. The van der Waals surface area contributed by atoms with Gasteiger partial charge in [0.25, 0.3) is 0 Å². The molecule has 0 unspecified atom stereocenters. The normalized spacial score (nSPS) is 10.7. The van der Waals surface area contributed by atoms with E-state index < -0.39 is 0 Å². The summed E-state index contributed by atoms with van der Waals surface area (Å²) in [6, 6.07) is 0. The lowest BCUT2D eigenvalue weighted by atomic mass is 10.1. The van der Waals surface area contributed by atoms with Gasteiger partial charge in [-0.3, -0.25) is 4.79 Å². The Balaban J connectivity index is 4.23. The van der Waals surface area contributed by atoms with Crippen LogP contribution in [0.4, 0.5) is 0 Å². The summed E-state index contributed by atoms with van der Waals surface area (Å²) in [7, 11) is 0. The zero-order chi connectivity index (χ0) is 10.3. The van der Waals surface area contributed by atoms with E-state index in [0.717, 1.165) is 0 Å². The number of hydrogen-bond acceptors (Lipinski definition) is 2. The number of carbonyl (C=O) groups is 2. The largest absolute Gasteiger partial charge is 0.300 e. The van der Waals surface area contributed by atoms with Crippen molar-refractivity contribution in [1.82, 2.24) is 0 Å². The van der Waals surface area contributed by atoms with Crippen LogP contribution in [0.3, 0.4) is 0 Å². The van der Waals surface area contributed by atoms with Gasteiger partial charge in [0, 0.05) is 18.4 Å². The molecule has 0 spiro atoms. The molecule has 0 fully saturated rings. The molecule has 0 aliphatic rings. The number of Topliss-reactive ketones (excluding diaryl/α,β-unsaturated/α-hetero) is 2. The summed E-state index contributed by atoms with van der Waals surface area (Å²) in [6.45, 7) is 8.46. The number of hydrogen-bond donors (Lipinski definition) is 0. The minimum atomic E-state index is -0.0647. The Labute approximate surface area is 78.6 Å². The number of ketones is 2. The van der Waals surface area contributed by atoms with E-state index in [0.29, 0.717) is 12.0 Å². The lowest BCUT2D eigenvalue weighted by Gasteiger charge is -1.98. The van der Waals surface area contributed by atoms with E-state index in [-0.39, 0.29) is 18.0 Å². The van der Waals surface area contributed by atoms with Gasteiger partial charge in [0.05, 0.1) is 0 Å². The first-order chi connectivity index (χ1) is 6.11. The second-order valence-electron chi connectivity index (χ2n) is 2.69. The van der Waals surface area contributed by atoms with Crippen molar-refractivity contribution < 1.29 is 9.59 Å². The highest BCUT2D eigenvalue weighted by molar-refractivity contribution is 5.99. The minimum Gasteiger partial charge on any atom is -0.300 e. The van der Waals surface area contributed by atoms with E-state index in [9.17, 15) is 9.59 Å². The molecule has 0 rings (SSSR count). The Morgan fingerprint density at radius 2 is 1.85 bits per heavy atom. The lowest BCUT2D eigenvalue weighted by Crippen LogP contribution is -2.03. The van der Waals surface area contributed by atoms with E-state index in [1.807, 2.05) is 0 Å². The van der Waals surface area contributed by atoms with Crippen molar-refractivity contribution in [3.8, 4) is 0 Å². The van der Waals surface area contributed by atoms with Gasteiger partial charge in [0.2, 0.25) is 0 Å². The molecule has 0 radical (unpaired) electrons. The average molecular weight is 178 g/mol. The molecule has 0 aliphatic heterocycles. The number of carbonyl (C=O) groups excluding carboxylic acids is 2. The Kier molecular flexibility index (Phi) is 5.44. The third-order valence-corrected chi connectivity index (χ3v) is 1.54. The van der Waals surface area contributed by atoms with Gasteiger partial charge >= 0.3 is 0 Å². The smallest absolute Gasteiger partial charge is 0.163 e. The molecule has 0 aromatic heterocycles. The van der Waals surface area contributed by atoms with Crippen molar-refractivity contribution in [2.24, 2.45) is 0 Å². The molecule has 70 valence electrons. The quantitative estimate of drug-likeness (QED) is 0.461. The molecule has 2 heteroatoms. The first-order valence-electron chi connectivity index (χ1n) is 4.09. The van der Waals surface area contributed by atoms with Crippen LogP contribution in [-0.4, -0.2) is 11.6 Å². The summed E-state index contributed by atoms with van der Waals surface area (Å²) in [4.78, 5) is 21.9. The van der Waals surface area contributed by atoms with Gasteiger partial charge in [0.1, 0.15) is 5.78 Å².